The molecule has 0 atom stereocenters. The van der Waals surface area contributed by atoms with Crippen LogP contribution in [0.4, 0.5) is 0 Å². The molecule has 0 fully saturated rings. The lowest BCUT2D eigenvalue weighted by Crippen LogP contribution is -2.42. The van der Waals surface area contributed by atoms with Crippen LogP contribution in [-0.2, 0) is 9.53 Å². The quantitative estimate of drug-likeness (QED) is 0.491. The first-order chi connectivity index (χ1) is 9.81. The number of amides is 1. The molecule has 1 heterocycles. The molecule has 0 saturated carbocycles. The van der Waals surface area contributed by atoms with E-state index < -0.39 is 11.7 Å². The molecule has 1 N–H and O–H groups in total. The number of rotatable bonds is 5. The lowest BCUT2D eigenvalue weighted by molar-refractivity contribution is -0.141. The van der Waals surface area contributed by atoms with Crippen molar-refractivity contribution in [3.63, 3.8) is 0 Å². The van der Waals surface area contributed by atoms with Gasteiger partial charge in [0, 0.05) is 11.7 Å². The molecule has 0 aliphatic rings. The minimum atomic E-state index is -0.502. The number of aromatic nitrogens is 2. The monoisotopic (exact) mass is 313 g/mol. The topological polar surface area (TPSA) is 92.4 Å². The lowest BCUT2D eigenvalue weighted by Gasteiger charge is -2.26. The Hall–Kier alpha value is -1.83. The van der Waals surface area contributed by atoms with Gasteiger partial charge in [-0.1, -0.05) is 0 Å². The Morgan fingerprint density at radius 1 is 1.43 bits per heavy atom. The highest BCUT2D eigenvalue weighted by molar-refractivity contribution is 7.98. The molecular weight excluding hydrogens is 294 g/mol. The molecule has 0 saturated heterocycles. The molecule has 1 rings (SSSR count). The molecule has 0 radical (unpaired) electrons. The molecule has 116 valence electrons. The number of thioether (sulfide) groups is 1. The van der Waals surface area contributed by atoms with Crippen molar-refractivity contribution in [2.24, 2.45) is 0 Å². The van der Waals surface area contributed by atoms with Gasteiger partial charge in [0.05, 0.1) is 12.7 Å². The van der Waals surface area contributed by atoms with E-state index in [2.05, 4.69) is 14.7 Å². The molecular formula is C13H19N3O4S. The van der Waals surface area contributed by atoms with Crippen molar-refractivity contribution in [3.05, 3.63) is 21.7 Å². The van der Waals surface area contributed by atoms with E-state index in [9.17, 15) is 14.4 Å². The highest BCUT2D eigenvalue weighted by Gasteiger charge is 2.26. The number of ether oxygens (including phenoxy) is 1. The van der Waals surface area contributed by atoms with Gasteiger partial charge in [0.25, 0.3) is 5.91 Å². The summed E-state index contributed by atoms with van der Waals surface area (Å²) in [5.41, 5.74) is 0.233. The van der Waals surface area contributed by atoms with Gasteiger partial charge in [-0.2, -0.15) is 4.98 Å². The Morgan fingerprint density at radius 3 is 2.52 bits per heavy atom. The number of methoxy groups -OCH3 is 1. The Labute approximate surface area is 127 Å². The third-order valence-electron chi connectivity index (χ3n) is 2.90. The number of hydrogen-bond acceptors (Lipinski definition) is 6. The van der Waals surface area contributed by atoms with Crippen LogP contribution in [0.15, 0.2) is 9.82 Å². The number of hydrogen-bond donors (Lipinski definition) is 1. The van der Waals surface area contributed by atoms with Crippen molar-refractivity contribution < 1.29 is 14.3 Å². The Balaban J connectivity index is 3.27. The maximum atomic E-state index is 12.7. The highest BCUT2D eigenvalue weighted by Crippen LogP contribution is 2.21. The van der Waals surface area contributed by atoms with Crippen LogP contribution in [0.1, 0.15) is 29.9 Å². The first-order valence-electron chi connectivity index (χ1n) is 6.34. The molecule has 0 aliphatic heterocycles. The van der Waals surface area contributed by atoms with Crippen LogP contribution in [0.3, 0.4) is 0 Å². The molecule has 7 nitrogen and oxygen atoms in total. The fourth-order valence-electron chi connectivity index (χ4n) is 1.80. The molecule has 1 aromatic heterocycles. The van der Waals surface area contributed by atoms with Gasteiger partial charge in [0.15, 0.2) is 0 Å². The van der Waals surface area contributed by atoms with Crippen LogP contribution in [0, 0.1) is 6.92 Å². The summed E-state index contributed by atoms with van der Waals surface area (Å²) >= 11 is 1.21. The number of aromatic amines is 1. The molecule has 8 heteroatoms. The van der Waals surface area contributed by atoms with Gasteiger partial charge in [-0.05, 0) is 27.0 Å². The van der Waals surface area contributed by atoms with Crippen LogP contribution in [0.25, 0.3) is 0 Å². The number of nitrogens with one attached hydrogen (secondary N) is 1. The fraction of sp³-hybridized carbons (Fsp3) is 0.538. The van der Waals surface area contributed by atoms with Crippen LogP contribution >= 0.6 is 11.8 Å². The molecule has 1 aromatic rings. The average Bonchev–Trinajstić information content (AvgIpc) is 2.42. The zero-order chi connectivity index (χ0) is 16.2. The first-order valence-corrected chi connectivity index (χ1v) is 7.57. The van der Waals surface area contributed by atoms with Crippen molar-refractivity contribution in [3.8, 4) is 0 Å². The molecule has 0 bridgehead atoms. The highest BCUT2D eigenvalue weighted by atomic mass is 32.2. The predicted molar refractivity (Wildman–Crippen MR) is 79.6 cm³/mol. The summed E-state index contributed by atoms with van der Waals surface area (Å²) in [4.78, 5) is 43.2. The zero-order valence-electron chi connectivity index (χ0n) is 12.7. The number of aryl methyl sites for hydroxylation is 1. The summed E-state index contributed by atoms with van der Waals surface area (Å²) in [6.45, 7) is 5.08. The van der Waals surface area contributed by atoms with Crippen LogP contribution in [0.5, 0.6) is 0 Å². The lowest BCUT2D eigenvalue weighted by atomic mass is 10.2. The maximum absolute atomic E-state index is 12.7. The SMILES string of the molecule is COC(=O)CN(C(=O)c1c(SC)nc(=O)[nH]c1C)C(C)C. The smallest absolute Gasteiger partial charge is 0.346 e. The maximum Gasteiger partial charge on any atom is 0.346 e. The van der Waals surface area contributed by atoms with Gasteiger partial charge >= 0.3 is 11.7 Å². The van der Waals surface area contributed by atoms with Crippen molar-refractivity contribution in [1.29, 1.82) is 0 Å². The van der Waals surface area contributed by atoms with E-state index >= 15 is 0 Å². The Kier molecular flexibility index (Phi) is 5.95. The van der Waals surface area contributed by atoms with E-state index in [1.165, 1.54) is 23.8 Å². The summed E-state index contributed by atoms with van der Waals surface area (Å²) < 4.78 is 4.61. The minimum Gasteiger partial charge on any atom is -0.468 e. The van der Waals surface area contributed by atoms with Gasteiger partial charge in [0.1, 0.15) is 11.6 Å². The normalized spacial score (nSPS) is 10.6. The van der Waals surface area contributed by atoms with Gasteiger partial charge in [-0.3, -0.25) is 9.59 Å². The summed E-state index contributed by atoms with van der Waals surface area (Å²) in [5, 5.41) is 0.344. The van der Waals surface area contributed by atoms with E-state index in [0.717, 1.165) is 0 Å². The van der Waals surface area contributed by atoms with Gasteiger partial charge < -0.3 is 14.6 Å². The third-order valence-corrected chi connectivity index (χ3v) is 3.59. The second kappa shape index (κ2) is 7.26. The molecule has 0 aromatic carbocycles. The van der Waals surface area contributed by atoms with Gasteiger partial charge in [-0.15, -0.1) is 11.8 Å². The number of carbonyl (C=O) groups is 2. The van der Waals surface area contributed by atoms with E-state index in [0.29, 0.717) is 16.3 Å². The van der Waals surface area contributed by atoms with Crippen LogP contribution < -0.4 is 5.69 Å². The standard InChI is InChI=1S/C13H19N3O4S/c1-7(2)16(6-9(17)20-4)12(18)10-8(3)14-13(19)15-11(10)21-5/h7H,6H2,1-5H3,(H,14,15,19). The summed E-state index contributed by atoms with van der Waals surface area (Å²) in [6, 6.07) is -0.197. The molecule has 21 heavy (non-hydrogen) atoms. The second-order valence-electron chi connectivity index (χ2n) is 4.65. The zero-order valence-corrected chi connectivity index (χ0v) is 13.5. The number of H-pyrrole nitrogens is 1. The van der Waals surface area contributed by atoms with Crippen molar-refractivity contribution in [2.75, 3.05) is 19.9 Å². The fourth-order valence-corrected chi connectivity index (χ4v) is 2.41. The van der Waals surface area contributed by atoms with E-state index in [1.807, 2.05) is 0 Å². The summed E-state index contributed by atoms with van der Waals surface area (Å²) in [7, 11) is 1.27. The molecule has 0 unspecified atom stereocenters. The number of nitrogens with zero attached hydrogens (tertiary/aromatic N) is 2. The molecule has 0 spiro atoms. The van der Waals surface area contributed by atoms with E-state index in [-0.39, 0.29) is 18.5 Å². The van der Waals surface area contributed by atoms with Crippen LogP contribution in [-0.4, -0.2) is 52.7 Å². The molecule has 0 aliphatic carbocycles. The van der Waals surface area contributed by atoms with E-state index in [1.54, 1.807) is 27.0 Å². The van der Waals surface area contributed by atoms with Crippen molar-refractivity contribution in [1.82, 2.24) is 14.9 Å². The van der Waals surface area contributed by atoms with Gasteiger partial charge in [-0.25, -0.2) is 4.79 Å². The third kappa shape index (κ3) is 4.07. The molecule has 1 amide bonds. The summed E-state index contributed by atoms with van der Waals surface area (Å²) in [5.74, 6) is -0.862. The van der Waals surface area contributed by atoms with Crippen molar-refractivity contribution >= 4 is 23.6 Å². The number of esters is 1. The number of carbonyl (C=O) groups excluding carboxylic acids is 2. The Bertz CT molecular complexity index is 598. The van der Waals surface area contributed by atoms with Crippen molar-refractivity contribution in [2.45, 2.75) is 31.8 Å². The van der Waals surface area contributed by atoms with Gasteiger partial charge in [0.2, 0.25) is 0 Å². The first kappa shape index (κ1) is 17.2. The van der Waals surface area contributed by atoms with E-state index in [4.69, 9.17) is 0 Å². The Morgan fingerprint density at radius 2 is 2.05 bits per heavy atom. The minimum absolute atomic E-state index is 0.153. The van der Waals surface area contributed by atoms with Crippen LogP contribution in [0.2, 0.25) is 0 Å². The summed E-state index contributed by atoms with van der Waals surface area (Å²) in [6.07, 6.45) is 1.73. The predicted octanol–water partition coefficient (Wildman–Crippen LogP) is 0.824. The second-order valence-corrected chi connectivity index (χ2v) is 5.45. The average molecular weight is 313 g/mol. The largest absolute Gasteiger partial charge is 0.468 e.